The molecule has 0 aliphatic carbocycles. The minimum absolute atomic E-state index is 0.122. The second-order valence-corrected chi connectivity index (χ2v) is 5.10. The number of hydrogen-bond donors (Lipinski definition) is 3. The molecule has 114 valence electrons. The Labute approximate surface area is 129 Å². The highest BCUT2D eigenvalue weighted by Crippen LogP contribution is 2.24. The molecule has 22 heavy (non-hydrogen) atoms. The van der Waals surface area contributed by atoms with Crippen molar-refractivity contribution in [2.75, 3.05) is 10.6 Å². The molecule has 0 unspecified atom stereocenters. The lowest BCUT2D eigenvalue weighted by atomic mass is 10.1. The van der Waals surface area contributed by atoms with Crippen LogP contribution in [0.1, 0.15) is 24.1 Å². The van der Waals surface area contributed by atoms with Crippen molar-refractivity contribution >= 4 is 23.2 Å². The third kappa shape index (κ3) is 3.85. The van der Waals surface area contributed by atoms with Crippen molar-refractivity contribution in [1.29, 1.82) is 0 Å². The number of aryl methyl sites for hydroxylation is 1. The normalized spacial score (nSPS) is 11.5. The fraction of sp³-hybridized carbons (Fsp3) is 0.176. The highest BCUT2D eigenvalue weighted by molar-refractivity contribution is 5.90. The van der Waals surface area contributed by atoms with Gasteiger partial charge < -0.3 is 16.4 Å². The van der Waals surface area contributed by atoms with E-state index in [0.29, 0.717) is 0 Å². The van der Waals surface area contributed by atoms with Gasteiger partial charge in [-0.05, 0) is 36.2 Å². The van der Waals surface area contributed by atoms with Gasteiger partial charge in [0, 0.05) is 18.3 Å². The number of benzene rings is 2. The molecule has 0 bridgehead atoms. The summed E-state index contributed by atoms with van der Waals surface area (Å²) in [5.74, 6) is -0.571. The molecule has 5 heteroatoms. The number of anilines is 2. The summed E-state index contributed by atoms with van der Waals surface area (Å²) in [6, 6.07) is 14.2. The second kappa shape index (κ2) is 6.76. The highest BCUT2D eigenvalue weighted by Gasteiger charge is 2.17. The second-order valence-electron chi connectivity index (χ2n) is 5.10. The van der Waals surface area contributed by atoms with Gasteiger partial charge in [-0.3, -0.25) is 9.59 Å². The first kappa shape index (κ1) is 15.6. The summed E-state index contributed by atoms with van der Waals surface area (Å²) in [5, 5.41) is 5.88. The molecule has 2 amide bonds. The van der Waals surface area contributed by atoms with E-state index in [1.807, 2.05) is 43.3 Å². The third-order valence-corrected chi connectivity index (χ3v) is 3.27. The molecular formula is C17H19N3O2. The average molecular weight is 297 g/mol. The van der Waals surface area contributed by atoms with E-state index in [9.17, 15) is 9.59 Å². The molecule has 5 nitrogen and oxygen atoms in total. The predicted molar refractivity (Wildman–Crippen MR) is 87.5 cm³/mol. The van der Waals surface area contributed by atoms with Crippen molar-refractivity contribution < 1.29 is 9.59 Å². The summed E-state index contributed by atoms with van der Waals surface area (Å²) >= 11 is 0. The summed E-state index contributed by atoms with van der Waals surface area (Å²) in [4.78, 5) is 22.8. The third-order valence-electron chi connectivity index (χ3n) is 3.27. The van der Waals surface area contributed by atoms with Crippen LogP contribution in [-0.2, 0) is 9.59 Å². The van der Waals surface area contributed by atoms with E-state index in [-0.39, 0.29) is 5.91 Å². The van der Waals surface area contributed by atoms with E-state index in [1.54, 1.807) is 12.1 Å². The van der Waals surface area contributed by atoms with Gasteiger partial charge in [-0.25, -0.2) is 0 Å². The maximum absolute atomic E-state index is 11.7. The Balaban J connectivity index is 2.22. The molecule has 2 rings (SSSR count). The summed E-state index contributed by atoms with van der Waals surface area (Å²) in [7, 11) is 0. The lowest BCUT2D eigenvalue weighted by Gasteiger charge is -2.18. The van der Waals surface area contributed by atoms with Crippen molar-refractivity contribution in [3.8, 4) is 0 Å². The molecule has 0 aliphatic rings. The van der Waals surface area contributed by atoms with E-state index in [0.717, 1.165) is 22.5 Å². The van der Waals surface area contributed by atoms with Crippen LogP contribution >= 0.6 is 0 Å². The Bertz CT molecular complexity index is 684. The largest absolute Gasteiger partial charge is 0.370 e. The van der Waals surface area contributed by atoms with Crippen molar-refractivity contribution in [3.05, 3.63) is 59.7 Å². The zero-order chi connectivity index (χ0) is 16.1. The number of nitrogens with one attached hydrogen (secondary N) is 2. The van der Waals surface area contributed by atoms with Crippen LogP contribution in [-0.4, -0.2) is 11.8 Å². The SMILES string of the molecule is CC(=O)Nc1ccc(N[C@H](C(N)=O)c2ccccc2)cc1C. The molecule has 1 atom stereocenters. The molecule has 0 heterocycles. The maximum Gasteiger partial charge on any atom is 0.244 e. The molecule has 0 saturated heterocycles. The fourth-order valence-corrected chi connectivity index (χ4v) is 2.21. The first-order chi connectivity index (χ1) is 10.5. The van der Waals surface area contributed by atoms with E-state index in [2.05, 4.69) is 10.6 Å². The van der Waals surface area contributed by atoms with Crippen LogP contribution in [0.3, 0.4) is 0 Å². The topological polar surface area (TPSA) is 84.2 Å². The lowest BCUT2D eigenvalue weighted by Crippen LogP contribution is -2.27. The molecule has 0 saturated carbocycles. The van der Waals surface area contributed by atoms with Gasteiger partial charge in [0.05, 0.1) is 0 Å². The average Bonchev–Trinajstić information content (AvgIpc) is 2.47. The number of rotatable bonds is 5. The van der Waals surface area contributed by atoms with Crippen LogP contribution in [0.2, 0.25) is 0 Å². The van der Waals surface area contributed by atoms with Crippen LogP contribution in [0.15, 0.2) is 48.5 Å². The quantitative estimate of drug-likeness (QED) is 0.793. The van der Waals surface area contributed by atoms with Gasteiger partial charge in [-0.1, -0.05) is 30.3 Å². The number of primary amides is 1. The smallest absolute Gasteiger partial charge is 0.244 e. The number of carbonyl (C=O) groups is 2. The van der Waals surface area contributed by atoms with Crippen molar-refractivity contribution in [1.82, 2.24) is 0 Å². The van der Waals surface area contributed by atoms with Crippen molar-refractivity contribution in [2.24, 2.45) is 5.73 Å². The standard InChI is InChI=1S/C17H19N3O2/c1-11-10-14(8-9-15(11)19-12(2)21)20-16(17(18)22)13-6-4-3-5-7-13/h3-10,16,20H,1-2H3,(H2,18,22)(H,19,21)/t16-/m0/s1. The predicted octanol–water partition coefficient (Wildman–Crippen LogP) is 2.59. The fourth-order valence-electron chi connectivity index (χ4n) is 2.21. The van der Waals surface area contributed by atoms with Gasteiger partial charge in [-0.2, -0.15) is 0 Å². The van der Waals surface area contributed by atoms with Crippen molar-refractivity contribution in [2.45, 2.75) is 19.9 Å². The van der Waals surface area contributed by atoms with Gasteiger partial charge in [0.1, 0.15) is 6.04 Å². The van der Waals surface area contributed by atoms with E-state index >= 15 is 0 Å². The highest BCUT2D eigenvalue weighted by atomic mass is 16.2. The van der Waals surface area contributed by atoms with Crippen LogP contribution in [0.25, 0.3) is 0 Å². The Morgan fingerprint density at radius 1 is 1.09 bits per heavy atom. The summed E-state index contributed by atoms with van der Waals surface area (Å²) in [6.45, 7) is 3.35. The molecule has 2 aromatic carbocycles. The zero-order valence-electron chi connectivity index (χ0n) is 12.6. The van der Waals surface area contributed by atoms with Crippen molar-refractivity contribution in [3.63, 3.8) is 0 Å². The lowest BCUT2D eigenvalue weighted by molar-refractivity contribution is -0.119. The van der Waals surface area contributed by atoms with Gasteiger partial charge in [0.2, 0.25) is 11.8 Å². The first-order valence-corrected chi connectivity index (χ1v) is 6.96. The van der Waals surface area contributed by atoms with Crippen LogP contribution < -0.4 is 16.4 Å². The number of nitrogens with two attached hydrogens (primary N) is 1. The van der Waals surface area contributed by atoms with E-state index in [1.165, 1.54) is 6.92 Å². The maximum atomic E-state index is 11.7. The first-order valence-electron chi connectivity index (χ1n) is 6.96. The molecular weight excluding hydrogens is 278 g/mol. The van der Waals surface area contributed by atoms with E-state index < -0.39 is 11.9 Å². The van der Waals surface area contributed by atoms with Gasteiger partial charge in [-0.15, -0.1) is 0 Å². The molecule has 0 aliphatic heterocycles. The Morgan fingerprint density at radius 2 is 1.77 bits per heavy atom. The summed E-state index contributed by atoms with van der Waals surface area (Å²) < 4.78 is 0. The molecule has 0 fully saturated rings. The molecule has 4 N–H and O–H groups in total. The monoisotopic (exact) mass is 297 g/mol. The number of hydrogen-bond acceptors (Lipinski definition) is 3. The van der Waals surface area contributed by atoms with Crippen LogP contribution in [0, 0.1) is 6.92 Å². The number of amides is 2. The molecule has 0 aromatic heterocycles. The zero-order valence-corrected chi connectivity index (χ0v) is 12.6. The molecule has 0 radical (unpaired) electrons. The van der Waals surface area contributed by atoms with Gasteiger partial charge in [0.15, 0.2) is 0 Å². The molecule has 2 aromatic rings. The number of carbonyl (C=O) groups excluding carboxylic acids is 2. The minimum atomic E-state index is -0.604. The Hall–Kier alpha value is -2.82. The van der Waals surface area contributed by atoms with Crippen LogP contribution in [0.5, 0.6) is 0 Å². The summed E-state index contributed by atoms with van der Waals surface area (Å²) in [6.07, 6.45) is 0. The minimum Gasteiger partial charge on any atom is -0.370 e. The Morgan fingerprint density at radius 3 is 2.32 bits per heavy atom. The van der Waals surface area contributed by atoms with Gasteiger partial charge >= 0.3 is 0 Å². The van der Waals surface area contributed by atoms with Gasteiger partial charge in [0.25, 0.3) is 0 Å². The Kier molecular flexibility index (Phi) is 4.78. The molecule has 0 spiro atoms. The van der Waals surface area contributed by atoms with Crippen LogP contribution in [0.4, 0.5) is 11.4 Å². The summed E-state index contributed by atoms with van der Waals surface area (Å²) in [5.41, 5.74) is 8.70. The van der Waals surface area contributed by atoms with E-state index in [4.69, 9.17) is 5.73 Å².